The van der Waals surface area contributed by atoms with Crippen molar-refractivity contribution in [2.24, 2.45) is 11.0 Å². The molecule has 0 atom stereocenters. The molecule has 1 amide bonds. The molecule has 1 rings (SSSR count). The number of amides is 1. The van der Waals surface area contributed by atoms with Gasteiger partial charge in [0.05, 0.1) is 17.8 Å². The van der Waals surface area contributed by atoms with Crippen molar-refractivity contribution in [3.8, 4) is 11.5 Å². The number of nitrogens with one attached hydrogen (secondary N) is 1. The smallest absolute Gasteiger partial charge is 0.240 e. The number of aromatic hydroxyl groups is 1. The Bertz CT molecular complexity index is 487. The Kier molecular flexibility index (Phi) is 5.82. The van der Waals surface area contributed by atoms with Gasteiger partial charge < -0.3 is 9.84 Å². The van der Waals surface area contributed by atoms with Gasteiger partial charge in [-0.25, -0.2) is 5.43 Å². The third-order valence-corrected chi connectivity index (χ3v) is 2.87. The molecular formula is C13H17BrN2O3. The number of benzene rings is 1. The number of halogens is 1. The van der Waals surface area contributed by atoms with E-state index in [4.69, 9.17) is 4.74 Å². The highest BCUT2D eigenvalue weighted by molar-refractivity contribution is 9.10. The fraction of sp³-hybridized carbons (Fsp3) is 0.385. The summed E-state index contributed by atoms with van der Waals surface area (Å²) in [6.45, 7) is 3.93. The second-order valence-corrected chi connectivity index (χ2v) is 5.30. The summed E-state index contributed by atoms with van der Waals surface area (Å²) in [5, 5.41) is 13.5. The summed E-state index contributed by atoms with van der Waals surface area (Å²) in [4.78, 5) is 11.4. The van der Waals surface area contributed by atoms with Crippen LogP contribution < -0.4 is 10.2 Å². The Hall–Kier alpha value is -1.56. The zero-order valence-corrected chi connectivity index (χ0v) is 12.7. The van der Waals surface area contributed by atoms with Crippen molar-refractivity contribution >= 4 is 28.1 Å². The maximum absolute atomic E-state index is 11.4. The van der Waals surface area contributed by atoms with Crippen molar-refractivity contribution in [1.29, 1.82) is 0 Å². The van der Waals surface area contributed by atoms with Crippen LogP contribution in [0.25, 0.3) is 0 Å². The van der Waals surface area contributed by atoms with E-state index in [1.54, 1.807) is 12.1 Å². The number of hydrazone groups is 1. The molecule has 5 nitrogen and oxygen atoms in total. The van der Waals surface area contributed by atoms with Gasteiger partial charge in [0.25, 0.3) is 0 Å². The van der Waals surface area contributed by atoms with Gasteiger partial charge in [-0.2, -0.15) is 5.10 Å². The molecular weight excluding hydrogens is 312 g/mol. The fourth-order valence-electron chi connectivity index (χ4n) is 1.42. The monoisotopic (exact) mass is 328 g/mol. The molecule has 6 heteroatoms. The van der Waals surface area contributed by atoms with E-state index in [0.29, 0.717) is 22.2 Å². The lowest BCUT2D eigenvalue weighted by molar-refractivity contribution is -0.121. The first-order chi connectivity index (χ1) is 8.93. The highest BCUT2D eigenvalue weighted by Crippen LogP contribution is 2.34. The van der Waals surface area contributed by atoms with E-state index in [2.05, 4.69) is 26.5 Å². The summed E-state index contributed by atoms with van der Waals surface area (Å²) in [6, 6.07) is 3.30. The molecule has 0 heterocycles. The van der Waals surface area contributed by atoms with Crippen LogP contribution in [0.15, 0.2) is 21.7 Å². The minimum Gasteiger partial charge on any atom is -0.503 e. The third kappa shape index (κ3) is 4.90. The molecule has 1 aromatic carbocycles. The van der Waals surface area contributed by atoms with Gasteiger partial charge in [-0.15, -0.1) is 0 Å². The number of ether oxygens (including phenoxy) is 1. The summed E-state index contributed by atoms with van der Waals surface area (Å²) in [5.41, 5.74) is 3.15. The number of rotatable bonds is 5. The van der Waals surface area contributed by atoms with Crippen LogP contribution in [-0.2, 0) is 4.79 Å². The van der Waals surface area contributed by atoms with E-state index in [1.807, 2.05) is 13.8 Å². The van der Waals surface area contributed by atoms with Crippen LogP contribution in [0.2, 0.25) is 0 Å². The summed E-state index contributed by atoms with van der Waals surface area (Å²) >= 11 is 3.21. The van der Waals surface area contributed by atoms with Crippen molar-refractivity contribution < 1.29 is 14.6 Å². The number of phenolic OH excluding ortho intramolecular Hbond substituents is 1. The Morgan fingerprint density at radius 3 is 2.84 bits per heavy atom. The van der Waals surface area contributed by atoms with Gasteiger partial charge in [-0.05, 0) is 39.5 Å². The molecule has 0 aliphatic rings. The number of hydrogen-bond acceptors (Lipinski definition) is 4. The zero-order chi connectivity index (χ0) is 14.4. The molecule has 0 bridgehead atoms. The van der Waals surface area contributed by atoms with Gasteiger partial charge in [0.15, 0.2) is 11.5 Å². The predicted octanol–water partition coefficient (Wildman–Crippen LogP) is 2.66. The van der Waals surface area contributed by atoms with E-state index in [-0.39, 0.29) is 17.6 Å². The standard InChI is InChI=1S/C13H17BrN2O3/c1-8(2)4-12(17)16-15-7-9-5-10(14)13(18)11(6-9)19-3/h5-8,18H,4H2,1-3H3,(H,16,17). The largest absolute Gasteiger partial charge is 0.503 e. The first kappa shape index (κ1) is 15.5. The number of carbonyl (C=O) groups is 1. The van der Waals surface area contributed by atoms with Crippen LogP contribution in [0.3, 0.4) is 0 Å². The lowest BCUT2D eigenvalue weighted by Gasteiger charge is -2.06. The molecule has 0 radical (unpaired) electrons. The number of nitrogens with zero attached hydrogens (tertiary/aromatic N) is 1. The molecule has 2 N–H and O–H groups in total. The average molecular weight is 329 g/mol. The van der Waals surface area contributed by atoms with Crippen LogP contribution in [0.5, 0.6) is 11.5 Å². The van der Waals surface area contributed by atoms with Crippen molar-refractivity contribution in [2.45, 2.75) is 20.3 Å². The number of carbonyl (C=O) groups excluding carboxylic acids is 1. The van der Waals surface area contributed by atoms with Gasteiger partial charge in [0, 0.05) is 6.42 Å². The van der Waals surface area contributed by atoms with E-state index >= 15 is 0 Å². The molecule has 1 aromatic rings. The van der Waals surface area contributed by atoms with E-state index in [0.717, 1.165) is 0 Å². The molecule has 0 saturated heterocycles. The zero-order valence-electron chi connectivity index (χ0n) is 11.1. The Morgan fingerprint density at radius 2 is 2.26 bits per heavy atom. The lowest BCUT2D eigenvalue weighted by atomic mass is 10.1. The average Bonchev–Trinajstić information content (AvgIpc) is 2.32. The second-order valence-electron chi connectivity index (χ2n) is 4.44. The van der Waals surface area contributed by atoms with Gasteiger partial charge in [0.2, 0.25) is 5.91 Å². The van der Waals surface area contributed by atoms with E-state index in [9.17, 15) is 9.90 Å². The first-order valence-electron chi connectivity index (χ1n) is 5.82. The van der Waals surface area contributed by atoms with Gasteiger partial charge in [-0.1, -0.05) is 13.8 Å². The molecule has 0 aromatic heterocycles. The molecule has 0 aliphatic carbocycles. The van der Waals surface area contributed by atoms with Gasteiger partial charge >= 0.3 is 0 Å². The second kappa shape index (κ2) is 7.13. The SMILES string of the molecule is COc1cc(C=NNC(=O)CC(C)C)cc(Br)c1O. The topological polar surface area (TPSA) is 70.9 Å². The van der Waals surface area contributed by atoms with E-state index < -0.39 is 0 Å². The molecule has 0 spiro atoms. The van der Waals surface area contributed by atoms with Gasteiger partial charge in [-0.3, -0.25) is 4.79 Å². The number of methoxy groups -OCH3 is 1. The minimum absolute atomic E-state index is 0.0310. The Balaban J connectivity index is 2.72. The maximum Gasteiger partial charge on any atom is 0.240 e. The van der Waals surface area contributed by atoms with Crippen molar-refractivity contribution in [2.75, 3.05) is 7.11 Å². The highest BCUT2D eigenvalue weighted by atomic mass is 79.9. The molecule has 0 unspecified atom stereocenters. The number of hydrogen-bond donors (Lipinski definition) is 2. The van der Waals surface area contributed by atoms with E-state index in [1.165, 1.54) is 13.3 Å². The van der Waals surface area contributed by atoms with Crippen LogP contribution in [0, 0.1) is 5.92 Å². The Morgan fingerprint density at radius 1 is 1.58 bits per heavy atom. The molecule has 19 heavy (non-hydrogen) atoms. The minimum atomic E-state index is -0.129. The summed E-state index contributed by atoms with van der Waals surface area (Å²) in [6.07, 6.45) is 1.92. The van der Waals surface area contributed by atoms with Gasteiger partial charge in [0.1, 0.15) is 0 Å². The first-order valence-corrected chi connectivity index (χ1v) is 6.61. The van der Waals surface area contributed by atoms with Crippen LogP contribution in [0.1, 0.15) is 25.8 Å². The van der Waals surface area contributed by atoms with Crippen LogP contribution in [0.4, 0.5) is 0 Å². The quantitative estimate of drug-likeness (QED) is 0.644. The number of phenols is 1. The van der Waals surface area contributed by atoms with Crippen LogP contribution >= 0.6 is 15.9 Å². The predicted molar refractivity (Wildman–Crippen MR) is 77.6 cm³/mol. The van der Waals surface area contributed by atoms with Crippen molar-refractivity contribution in [1.82, 2.24) is 5.43 Å². The maximum atomic E-state index is 11.4. The molecule has 0 aliphatic heterocycles. The highest BCUT2D eigenvalue weighted by Gasteiger charge is 2.07. The summed E-state index contributed by atoms with van der Waals surface area (Å²) in [5.74, 6) is 0.530. The normalized spacial score (nSPS) is 11.0. The van der Waals surface area contributed by atoms with Crippen molar-refractivity contribution in [3.05, 3.63) is 22.2 Å². The fourth-order valence-corrected chi connectivity index (χ4v) is 1.88. The Labute approximate surface area is 120 Å². The lowest BCUT2D eigenvalue weighted by Crippen LogP contribution is -2.19. The van der Waals surface area contributed by atoms with Crippen molar-refractivity contribution in [3.63, 3.8) is 0 Å². The summed E-state index contributed by atoms with van der Waals surface area (Å²) < 4.78 is 5.52. The third-order valence-electron chi connectivity index (χ3n) is 2.27. The molecule has 104 valence electrons. The summed E-state index contributed by atoms with van der Waals surface area (Å²) in [7, 11) is 1.47. The molecule has 0 saturated carbocycles. The molecule has 0 fully saturated rings. The van der Waals surface area contributed by atoms with Crippen LogP contribution in [-0.4, -0.2) is 24.3 Å².